The second-order valence-corrected chi connectivity index (χ2v) is 7.56. The van der Waals surface area contributed by atoms with E-state index < -0.39 is 17.2 Å². The van der Waals surface area contributed by atoms with Crippen LogP contribution in [0.15, 0.2) is 70.4 Å². The number of rotatable bonds is 6. The zero-order valence-corrected chi connectivity index (χ0v) is 18.5. The van der Waals surface area contributed by atoms with Gasteiger partial charge in [0.15, 0.2) is 0 Å². The summed E-state index contributed by atoms with van der Waals surface area (Å²) in [6.07, 6.45) is 1.28. The van der Waals surface area contributed by atoms with Crippen LogP contribution in [-0.4, -0.2) is 27.2 Å². The van der Waals surface area contributed by atoms with Gasteiger partial charge in [-0.2, -0.15) is 5.26 Å². The van der Waals surface area contributed by atoms with E-state index in [-0.39, 0.29) is 29.7 Å². The van der Waals surface area contributed by atoms with Crippen LogP contribution in [0.5, 0.6) is 5.75 Å². The Hall–Kier alpha value is -4.71. The van der Waals surface area contributed by atoms with E-state index in [0.717, 1.165) is 10.1 Å². The molecule has 0 aliphatic rings. The largest absolute Gasteiger partial charge is 0.497 e. The van der Waals surface area contributed by atoms with Crippen molar-refractivity contribution in [3.05, 3.63) is 104 Å². The van der Waals surface area contributed by atoms with Crippen LogP contribution in [0.4, 0.5) is 0 Å². The molecule has 2 aromatic heterocycles. The molecule has 9 heteroatoms. The Labute approximate surface area is 194 Å². The number of carbonyl (C=O) groups excluding carboxylic acids is 1. The van der Waals surface area contributed by atoms with Crippen molar-refractivity contribution in [2.24, 2.45) is 7.05 Å². The average molecular weight is 456 g/mol. The van der Waals surface area contributed by atoms with Gasteiger partial charge in [0.1, 0.15) is 18.0 Å². The number of aryl methyl sites for hydroxylation is 1. The van der Waals surface area contributed by atoms with Crippen molar-refractivity contribution in [1.29, 1.82) is 5.26 Å². The monoisotopic (exact) mass is 456 g/mol. The third-order valence-electron chi connectivity index (χ3n) is 5.37. The van der Waals surface area contributed by atoms with Gasteiger partial charge < -0.3 is 9.47 Å². The first-order valence-corrected chi connectivity index (χ1v) is 10.3. The second kappa shape index (κ2) is 9.42. The predicted molar refractivity (Wildman–Crippen MR) is 124 cm³/mol. The van der Waals surface area contributed by atoms with Gasteiger partial charge in [0.05, 0.1) is 36.2 Å². The van der Waals surface area contributed by atoms with E-state index in [1.807, 2.05) is 6.07 Å². The summed E-state index contributed by atoms with van der Waals surface area (Å²) in [5, 5.41) is 9.07. The lowest BCUT2D eigenvalue weighted by Crippen LogP contribution is -2.39. The Morgan fingerprint density at radius 2 is 1.74 bits per heavy atom. The van der Waals surface area contributed by atoms with E-state index in [0.29, 0.717) is 16.9 Å². The molecule has 0 amide bonds. The van der Waals surface area contributed by atoms with E-state index in [2.05, 4.69) is 4.98 Å². The van der Waals surface area contributed by atoms with Crippen LogP contribution < -0.4 is 16.0 Å². The van der Waals surface area contributed by atoms with Crippen molar-refractivity contribution in [3.8, 4) is 11.8 Å². The molecule has 2 heterocycles. The molecule has 4 aromatic rings. The van der Waals surface area contributed by atoms with Gasteiger partial charge in [0, 0.05) is 13.2 Å². The van der Waals surface area contributed by atoms with Crippen molar-refractivity contribution in [3.63, 3.8) is 0 Å². The normalized spacial score (nSPS) is 10.6. The fraction of sp³-hybridized carbons (Fsp3) is 0.160. The fourth-order valence-electron chi connectivity index (χ4n) is 3.46. The summed E-state index contributed by atoms with van der Waals surface area (Å²) in [4.78, 5) is 42.7. The number of pyridine rings is 1. The standard InChI is InChI=1S/C25H20N4O5/c1-28-22-21(23(30)29(25(28)32)14-17-5-3-16(12-26)4-6-17)11-19(13-27-22)24(31)34-15-18-7-9-20(33-2)10-8-18/h3-11,13H,14-15H2,1-2H3. The number of nitrogens with zero attached hydrogens (tertiary/aromatic N) is 4. The predicted octanol–water partition coefficient (Wildman–Crippen LogP) is 2.38. The zero-order chi connectivity index (χ0) is 24.2. The van der Waals surface area contributed by atoms with Gasteiger partial charge in [0.2, 0.25) is 0 Å². The highest BCUT2D eigenvalue weighted by molar-refractivity contribution is 5.92. The van der Waals surface area contributed by atoms with Gasteiger partial charge in [0.25, 0.3) is 5.56 Å². The van der Waals surface area contributed by atoms with E-state index in [9.17, 15) is 14.4 Å². The molecule has 0 fully saturated rings. The van der Waals surface area contributed by atoms with Gasteiger partial charge in [-0.3, -0.25) is 13.9 Å². The van der Waals surface area contributed by atoms with Crippen LogP contribution in [0.1, 0.15) is 27.0 Å². The van der Waals surface area contributed by atoms with Gasteiger partial charge in [-0.15, -0.1) is 0 Å². The van der Waals surface area contributed by atoms with Crippen molar-refractivity contribution >= 4 is 17.0 Å². The van der Waals surface area contributed by atoms with Crippen molar-refractivity contribution in [2.45, 2.75) is 13.2 Å². The molecule has 170 valence electrons. The molecule has 9 nitrogen and oxygen atoms in total. The van der Waals surface area contributed by atoms with Gasteiger partial charge in [-0.05, 0) is 41.5 Å². The summed E-state index contributed by atoms with van der Waals surface area (Å²) in [6, 6.07) is 17.1. The number of ether oxygens (including phenoxy) is 2. The number of methoxy groups -OCH3 is 1. The van der Waals surface area contributed by atoms with Crippen LogP contribution in [0, 0.1) is 11.3 Å². The Bertz CT molecular complexity index is 1530. The van der Waals surface area contributed by atoms with Crippen molar-refractivity contribution in [2.75, 3.05) is 7.11 Å². The number of fused-ring (bicyclic) bond motifs is 1. The Morgan fingerprint density at radius 3 is 2.38 bits per heavy atom. The van der Waals surface area contributed by atoms with Crippen LogP contribution in [-0.2, 0) is 24.9 Å². The molecular formula is C25H20N4O5. The molecule has 0 atom stereocenters. The highest BCUT2D eigenvalue weighted by Gasteiger charge is 2.16. The minimum Gasteiger partial charge on any atom is -0.497 e. The highest BCUT2D eigenvalue weighted by atomic mass is 16.5. The molecule has 34 heavy (non-hydrogen) atoms. The molecule has 0 saturated carbocycles. The first kappa shape index (κ1) is 22.5. The summed E-state index contributed by atoms with van der Waals surface area (Å²) in [5.74, 6) is 0.0498. The summed E-state index contributed by atoms with van der Waals surface area (Å²) in [5.41, 5.74) is 1.09. The molecule has 4 rings (SSSR count). The maximum Gasteiger partial charge on any atom is 0.340 e. The lowest BCUT2D eigenvalue weighted by molar-refractivity contribution is 0.0472. The van der Waals surface area contributed by atoms with Gasteiger partial charge in [-0.1, -0.05) is 24.3 Å². The maximum absolute atomic E-state index is 13.1. The van der Waals surface area contributed by atoms with Crippen molar-refractivity contribution in [1.82, 2.24) is 14.1 Å². The topological polar surface area (TPSA) is 116 Å². The third kappa shape index (κ3) is 4.42. The minimum atomic E-state index is -0.642. The SMILES string of the molecule is COc1ccc(COC(=O)c2cnc3c(c2)c(=O)n(Cc2ccc(C#N)cc2)c(=O)n3C)cc1. The number of nitriles is 1. The van der Waals surface area contributed by atoms with E-state index in [1.54, 1.807) is 55.6 Å². The molecule has 0 aliphatic carbocycles. The summed E-state index contributed by atoms with van der Waals surface area (Å²) >= 11 is 0. The molecule has 0 aliphatic heterocycles. The van der Waals surface area contributed by atoms with E-state index >= 15 is 0 Å². The highest BCUT2D eigenvalue weighted by Crippen LogP contribution is 2.14. The summed E-state index contributed by atoms with van der Waals surface area (Å²) < 4.78 is 12.8. The van der Waals surface area contributed by atoms with Crippen LogP contribution in [0.3, 0.4) is 0 Å². The first-order chi connectivity index (χ1) is 16.4. The fourth-order valence-corrected chi connectivity index (χ4v) is 3.46. The number of benzene rings is 2. The maximum atomic E-state index is 13.1. The van der Waals surface area contributed by atoms with Crippen LogP contribution in [0.2, 0.25) is 0 Å². The first-order valence-electron chi connectivity index (χ1n) is 10.3. The summed E-state index contributed by atoms with van der Waals surface area (Å²) in [7, 11) is 3.07. The minimum absolute atomic E-state index is 0.0132. The Morgan fingerprint density at radius 1 is 1.06 bits per heavy atom. The van der Waals surface area contributed by atoms with Gasteiger partial charge in [-0.25, -0.2) is 14.6 Å². The lowest BCUT2D eigenvalue weighted by Gasteiger charge is -2.11. The quantitative estimate of drug-likeness (QED) is 0.409. The number of hydrogen-bond donors (Lipinski definition) is 0. The molecule has 0 radical (unpaired) electrons. The Kier molecular flexibility index (Phi) is 6.23. The zero-order valence-electron chi connectivity index (χ0n) is 18.5. The number of carbonyl (C=O) groups is 1. The third-order valence-corrected chi connectivity index (χ3v) is 5.37. The second-order valence-electron chi connectivity index (χ2n) is 7.56. The van der Waals surface area contributed by atoms with E-state index in [1.165, 1.54) is 23.9 Å². The Balaban J connectivity index is 1.63. The average Bonchev–Trinajstić information content (AvgIpc) is 2.88. The number of aromatic nitrogens is 3. The van der Waals surface area contributed by atoms with Gasteiger partial charge >= 0.3 is 11.7 Å². The number of esters is 1. The van der Waals surface area contributed by atoms with Crippen LogP contribution >= 0.6 is 0 Å². The van der Waals surface area contributed by atoms with E-state index in [4.69, 9.17) is 14.7 Å². The lowest BCUT2D eigenvalue weighted by atomic mass is 10.1. The van der Waals surface area contributed by atoms with Crippen molar-refractivity contribution < 1.29 is 14.3 Å². The molecule has 0 N–H and O–H groups in total. The molecule has 0 spiro atoms. The summed E-state index contributed by atoms with van der Waals surface area (Å²) in [6.45, 7) is 0.0519. The number of hydrogen-bond acceptors (Lipinski definition) is 7. The molecule has 0 unspecified atom stereocenters. The molecular weight excluding hydrogens is 436 g/mol. The molecule has 0 bridgehead atoms. The van der Waals surface area contributed by atoms with Crippen LogP contribution in [0.25, 0.3) is 11.0 Å². The molecule has 2 aromatic carbocycles. The smallest absolute Gasteiger partial charge is 0.340 e. The molecule has 0 saturated heterocycles.